The van der Waals surface area contributed by atoms with Gasteiger partial charge < -0.3 is 4.98 Å². The van der Waals surface area contributed by atoms with Crippen molar-refractivity contribution in [2.45, 2.75) is 0 Å². The lowest BCUT2D eigenvalue weighted by Crippen LogP contribution is -1.79. The van der Waals surface area contributed by atoms with Gasteiger partial charge in [-0.15, -0.1) is 0 Å². The highest BCUT2D eigenvalue weighted by molar-refractivity contribution is 7.63. The van der Waals surface area contributed by atoms with Crippen molar-refractivity contribution in [3.05, 3.63) is 59.6 Å². The van der Waals surface area contributed by atoms with Crippen LogP contribution in [0.15, 0.2) is 54.9 Å². The van der Waals surface area contributed by atoms with Crippen LogP contribution in [0.25, 0.3) is 0 Å². The smallest absolute Gasteiger partial charge is 0.258 e. The molecular formula is C10H10N2O2S. The molecule has 0 fully saturated rings. The summed E-state index contributed by atoms with van der Waals surface area (Å²) in [4.78, 5) is 5.95. The topological polar surface area (TPSA) is 62.8 Å². The zero-order chi connectivity index (χ0) is 10.9. The van der Waals surface area contributed by atoms with Crippen LogP contribution in [0.3, 0.4) is 0 Å². The van der Waals surface area contributed by atoms with Crippen LogP contribution in [0.2, 0.25) is 0 Å². The van der Waals surface area contributed by atoms with Gasteiger partial charge in [-0.25, -0.2) is 4.98 Å². The van der Waals surface area contributed by atoms with E-state index in [0.717, 1.165) is 0 Å². The predicted molar refractivity (Wildman–Crippen MR) is 57.2 cm³/mol. The molecule has 0 saturated heterocycles. The second-order valence-corrected chi connectivity index (χ2v) is 3.33. The second-order valence-electron chi connectivity index (χ2n) is 2.48. The molecule has 4 nitrogen and oxygen atoms in total. The first-order chi connectivity index (χ1) is 7.30. The predicted octanol–water partition coefficient (Wildman–Crippen LogP) is 1.51. The minimum atomic E-state index is -2.25. The Morgan fingerprint density at radius 1 is 0.933 bits per heavy atom. The lowest BCUT2D eigenvalue weighted by molar-refractivity contribution is 0.623. The first-order valence-corrected chi connectivity index (χ1v) is 5.30. The van der Waals surface area contributed by atoms with Crippen molar-refractivity contribution in [3.8, 4) is 0 Å². The minimum Gasteiger partial charge on any atom is -0.334 e. The number of nitrogens with zero attached hydrogens (tertiary/aromatic N) is 1. The van der Waals surface area contributed by atoms with E-state index in [1.165, 1.54) is 12.4 Å². The fourth-order valence-corrected chi connectivity index (χ4v) is 1.10. The van der Waals surface area contributed by atoms with Gasteiger partial charge in [-0.05, 0) is 6.07 Å². The van der Waals surface area contributed by atoms with Crippen LogP contribution in [-0.2, 0) is 10.3 Å². The summed E-state index contributed by atoms with van der Waals surface area (Å²) in [6, 6.07) is 13.6. The summed E-state index contributed by atoms with van der Waals surface area (Å²) < 4.78 is 20.2. The molecule has 1 aromatic carbocycles. The third-order valence-corrected chi connectivity index (χ3v) is 1.94. The van der Waals surface area contributed by atoms with E-state index in [0.29, 0.717) is 0 Å². The molecule has 1 heterocycles. The third-order valence-electron chi connectivity index (χ3n) is 1.41. The summed E-state index contributed by atoms with van der Waals surface area (Å²) in [5, 5.41) is 0. The van der Waals surface area contributed by atoms with Crippen LogP contribution in [0.4, 0.5) is 0 Å². The molecule has 0 bridgehead atoms. The van der Waals surface area contributed by atoms with Crippen LogP contribution < -0.4 is 0 Å². The van der Waals surface area contributed by atoms with Crippen molar-refractivity contribution >= 4 is 10.3 Å². The molecule has 0 aliphatic heterocycles. The molecule has 1 N–H and O–H groups in total. The van der Waals surface area contributed by atoms with Gasteiger partial charge in [0.25, 0.3) is 15.1 Å². The maximum absolute atomic E-state index is 10.1. The van der Waals surface area contributed by atoms with Crippen LogP contribution in [0.5, 0.6) is 0 Å². The molecule has 0 radical (unpaired) electrons. The number of aromatic nitrogens is 2. The van der Waals surface area contributed by atoms with Gasteiger partial charge in [0.1, 0.15) is 0 Å². The minimum absolute atomic E-state index is 0.0440. The average molecular weight is 222 g/mol. The van der Waals surface area contributed by atoms with Crippen LogP contribution in [0, 0.1) is 4.77 Å². The van der Waals surface area contributed by atoms with E-state index in [9.17, 15) is 8.42 Å². The zero-order valence-electron chi connectivity index (χ0n) is 7.87. The second kappa shape index (κ2) is 6.56. The molecule has 1 aromatic heterocycles. The van der Waals surface area contributed by atoms with E-state index in [4.69, 9.17) is 0 Å². The Labute approximate surface area is 88.8 Å². The molecule has 0 atom stereocenters. The highest BCUT2D eigenvalue weighted by Crippen LogP contribution is 1.79. The van der Waals surface area contributed by atoms with Gasteiger partial charge in [-0.1, -0.05) is 36.4 Å². The number of hydrogen-bond acceptors (Lipinski definition) is 3. The average Bonchev–Trinajstić information content (AvgIpc) is 2.33. The maximum Gasteiger partial charge on any atom is 0.258 e. The summed E-state index contributed by atoms with van der Waals surface area (Å²) >= 11 is 0. The van der Waals surface area contributed by atoms with E-state index in [2.05, 4.69) is 9.97 Å². The Morgan fingerprint density at radius 2 is 1.47 bits per heavy atom. The lowest BCUT2D eigenvalue weighted by Gasteiger charge is -1.76. The molecule has 2 aromatic rings. The van der Waals surface area contributed by atoms with Crippen molar-refractivity contribution < 1.29 is 8.42 Å². The van der Waals surface area contributed by atoms with Crippen LogP contribution >= 0.6 is 0 Å². The van der Waals surface area contributed by atoms with Gasteiger partial charge in [-0.2, -0.15) is 8.42 Å². The van der Waals surface area contributed by atoms with E-state index in [-0.39, 0.29) is 4.77 Å². The first-order valence-electron chi connectivity index (χ1n) is 4.22. The standard InChI is InChI=1S/C6H6.C4H4N2O2S/c1-2-4-6-5-3-1;7-9(8)4-5-2-1-3-6-4/h1-6H;1-3,5H. The molecule has 0 saturated carbocycles. The maximum atomic E-state index is 10.1. The van der Waals surface area contributed by atoms with E-state index in [1.54, 1.807) is 6.07 Å². The quantitative estimate of drug-likeness (QED) is 0.687. The molecule has 0 amide bonds. The molecule has 15 heavy (non-hydrogen) atoms. The first kappa shape index (κ1) is 11.2. The molecular weight excluding hydrogens is 212 g/mol. The van der Waals surface area contributed by atoms with Crippen molar-refractivity contribution in [2.75, 3.05) is 0 Å². The highest BCUT2D eigenvalue weighted by atomic mass is 32.2. The number of rotatable bonds is 0. The molecule has 0 spiro atoms. The van der Waals surface area contributed by atoms with Crippen molar-refractivity contribution in [2.24, 2.45) is 0 Å². The Bertz CT molecular complexity index is 495. The van der Waals surface area contributed by atoms with Crippen molar-refractivity contribution in [3.63, 3.8) is 0 Å². The number of aromatic amines is 1. The van der Waals surface area contributed by atoms with Crippen LogP contribution in [-0.4, -0.2) is 18.4 Å². The molecule has 2 rings (SSSR count). The van der Waals surface area contributed by atoms with E-state index in [1.807, 2.05) is 36.4 Å². The summed E-state index contributed by atoms with van der Waals surface area (Å²) in [6.45, 7) is 0. The summed E-state index contributed by atoms with van der Waals surface area (Å²) in [5.74, 6) is 0. The van der Waals surface area contributed by atoms with Crippen molar-refractivity contribution in [1.29, 1.82) is 0 Å². The Hall–Kier alpha value is -1.88. The van der Waals surface area contributed by atoms with Crippen LogP contribution in [0.1, 0.15) is 0 Å². The fraction of sp³-hybridized carbons (Fsp3) is 0. The number of nitrogens with one attached hydrogen (secondary N) is 1. The molecule has 0 aliphatic rings. The number of benzene rings is 1. The van der Waals surface area contributed by atoms with Gasteiger partial charge >= 0.3 is 0 Å². The van der Waals surface area contributed by atoms with Crippen molar-refractivity contribution in [1.82, 2.24) is 9.97 Å². The van der Waals surface area contributed by atoms with Gasteiger partial charge in [0.05, 0.1) is 0 Å². The SMILES string of the molecule is O=S(=O)=c1nccc[nH]1.c1ccccc1. The summed E-state index contributed by atoms with van der Waals surface area (Å²) in [5.41, 5.74) is 0. The monoisotopic (exact) mass is 222 g/mol. The molecule has 0 unspecified atom stereocenters. The fourth-order valence-electron chi connectivity index (χ4n) is 0.786. The summed E-state index contributed by atoms with van der Waals surface area (Å²) in [7, 11) is -2.25. The molecule has 78 valence electrons. The number of H-pyrrole nitrogens is 1. The Morgan fingerprint density at radius 3 is 1.73 bits per heavy atom. The number of hydrogen-bond donors (Lipinski definition) is 1. The summed E-state index contributed by atoms with van der Waals surface area (Å²) in [6.07, 6.45) is 2.90. The van der Waals surface area contributed by atoms with E-state index < -0.39 is 10.3 Å². The van der Waals surface area contributed by atoms with Gasteiger partial charge in [0.2, 0.25) is 0 Å². The highest BCUT2D eigenvalue weighted by Gasteiger charge is 1.76. The lowest BCUT2D eigenvalue weighted by atomic mass is 10.4. The Balaban J connectivity index is 0.000000162. The van der Waals surface area contributed by atoms with Gasteiger partial charge in [0, 0.05) is 12.4 Å². The van der Waals surface area contributed by atoms with E-state index >= 15 is 0 Å². The third kappa shape index (κ3) is 4.78. The largest absolute Gasteiger partial charge is 0.334 e. The molecule has 0 aliphatic carbocycles. The normalized spacial score (nSPS) is 8.53. The van der Waals surface area contributed by atoms with Gasteiger partial charge in [-0.3, -0.25) is 0 Å². The Kier molecular flexibility index (Phi) is 4.89. The zero-order valence-corrected chi connectivity index (χ0v) is 8.68. The van der Waals surface area contributed by atoms with Gasteiger partial charge in [0.15, 0.2) is 0 Å². The molecule has 5 heteroatoms.